The Morgan fingerprint density at radius 2 is 1.83 bits per heavy atom. The van der Waals surface area contributed by atoms with E-state index in [0.717, 1.165) is 38.9 Å². The van der Waals surface area contributed by atoms with E-state index in [9.17, 15) is 4.79 Å². The molecular weight excluding hydrogens is 232 g/mol. The van der Waals surface area contributed by atoms with Gasteiger partial charge in [0, 0.05) is 20.1 Å². The Labute approximate surface area is 110 Å². The predicted octanol–water partition coefficient (Wildman–Crippen LogP) is 3.04. The Morgan fingerprint density at radius 3 is 2.50 bits per heavy atom. The first-order chi connectivity index (χ1) is 8.79. The maximum Gasteiger partial charge on any atom is 0.302 e. The van der Waals surface area contributed by atoms with E-state index < -0.39 is 0 Å². The maximum absolute atomic E-state index is 10.5. The van der Waals surface area contributed by atoms with Gasteiger partial charge in [-0.2, -0.15) is 0 Å². The lowest BCUT2D eigenvalue weighted by Gasteiger charge is -2.22. The summed E-state index contributed by atoms with van der Waals surface area (Å²) in [4.78, 5) is 10.5. The van der Waals surface area contributed by atoms with E-state index in [-0.39, 0.29) is 12.3 Å². The summed E-state index contributed by atoms with van der Waals surface area (Å²) in [5.41, 5.74) is 0. The largest absolute Gasteiger partial charge is 0.466 e. The van der Waals surface area contributed by atoms with Gasteiger partial charge in [-0.05, 0) is 32.1 Å². The molecule has 0 amide bonds. The molecule has 1 heterocycles. The van der Waals surface area contributed by atoms with Crippen LogP contribution in [0.4, 0.5) is 0 Å². The van der Waals surface area contributed by atoms with Crippen LogP contribution < -0.4 is 0 Å². The van der Waals surface area contributed by atoms with Gasteiger partial charge in [0.05, 0.1) is 6.61 Å². The lowest BCUT2D eigenvalue weighted by molar-refractivity contribution is -0.162. The third kappa shape index (κ3) is 8.48. The second kappa shape index (κ2) is 10.3. The van der Waals surface area contributed by atoms with Crippen LogP contribution in [0.3, 0.4) is 0 Å². The standard InChI is InChI=1S/C14H26O4/c1-13(15)16-10-6-3-2-4-7-11-17-14-9-5-8-12-18-14/h14H,2-12H2,1H3. The molecule has 1 atom stereocenters. The molecule has 1 unspecified atom stereocenters. The molecule has 0 radical (unpaired) electrons. The molecule has 1 aliphatic heterocycles. The van der Waals surface area contributed by atoms with Crippen molar-refractivity contribution in [1.29, 1.82) is 0 Å². The highest BCUT2D eigenvalue weighted by molar-refractivity contribution is 5.65. The summed E-state index contributed by atoms with van der Waals surface area (Å²) in [6, 6.07) is 0. The third-order valence-electron chi connectivity index (χ3n) is 3.04. The van der Waals surface area contributed by atoms with Crippen molar-refractivity contribution in [3.05, 3.63) is 0 Å². The molecule has 106 valence electrons. The number of carbonyl (C=O) groups excluding carboxylic acids is 1. The second-order valence-corrected chi connectivity index (χ2v) is 4.77. The zero-order chi connectivity index (χ0) is 13.1. The molecule has 1 fully saturated rings. The van der Waals surface area contributed by atoms with Crippen molar-refractivity contribution >= 4 is 5.97 Å². The molecule has 0 spiro atoms. The Kier molecular flexibility index (Phi) is 8.86. The smallest absolute Gasteiger partial charge is 0.302 e. The number of hydrogen-bond acceptors (Lipinski definition) is 4. The summed E-state index contributed by atoms with van der Waals surface area (Å²) in [6.07, 6.45) is 9.00. The maximum atomic E-state index is 10.5. The SMILES string of the molecule is CC(=O)OCCCCCCCOC1CCCCO1. The van der Waals surface area contributed by atoms with Gasteiger partial charge < -0.3 is 14.2 Å². The summed E-state index contributed by atoms with van der Waals surface area (Å²) in [6.45, 7) is 3.65. The molecule has 1 rings (SSSR count). The fourth-order valence-corrected chi connectivity index (χ4v) is 2.01. The molecular formula is C14H26O4. The summed E-state index contributed by atoms with van der Waals surface area (Å²) in [5, 5.41) is 0. The first-order valence-corrected chi connectivity index (χ1v) is 7.15. The number of hydrogen-bond donors (Lipinski definition) is 0. The van der Waals surface area contributed by atoms with Crippen LogP contribution in [-0.2, 0) is 19.0 Å². The van der Waals surface area contributed by atoms with Crippen LogP contribution in [-0.4, -0.2) is 32.1 Å². The van der Waals surface area contributed by atoms with E-state index in [1.165, 1.54) is 32.6 Å². The van der Waals surface area contributed by atoms with Crippen LogP contribution in [0.2, 0.25) is 0 Å². The Morgan fingerprint density at radius 1 is 1.11 bits per heavy atom. The Bertz CT molecular complexity index is 212. The number of unbranched alkanes of at least 4 members (excludes halogenated alkanes) is 4. The first-order valence-electron chi connectivity index (χ1n) is 7.15. The highest BCUT2D eigenvalue weighted by atomic mass is 16.7. The van der Waals surface area contributed by atoms with Crippen molar-refractivity contribution in [3.63, 3.8) is 0 Å². The van der Waals surface area contributed by atoms with Crippen LogP contribution in [0.5, 0.6) is 0 Å². The van der Waals surface area contributed by atoms with Gasteiger partial charge >= 0.3 is 5.97 Å². The fraction of sp³-hybridized carbons (Fsp3) is 0.929. The monoisotopic (exact) mass is 258 g/mol. The minimum atomic E-state index is -0.184. The third-order valence-corrected chi connectivity index (χ3v) is 3.04. The highest BCUT2D eigenvalue weighted by Crippen LogP contribution is 2.14. The molecule has 4 nitrogen and oxygen atoms in total. The van der Waals surface area contributed by atoms with E-state index in [1.54, 1.807) is 0 Å². The summed E-state index contributed by atoms with van der Waals surface area (Å²) >= 11 is 0. The quantitative estimate of drug-likeness (QED) is 0.471. The van der Waals surface area contributed by atoms with Gasteiger partial charge in [0.1, 0.15) is 0 Å². The van der Waals surface area contributed by atoms with E-state index in [2.05, 4.69) is 0 Å². The van der Waals surface area contributed by atoms with Crippen molar-refractivity contribution in [3.8, 4) is 0 Å². The second-order valence-electron chi connectivity index (χ2n) is 4.77. The zero-order valence-corrected chi connectivity index (χ0v) is 11.5. The van der Waals surface area contributed by atoms with E-state index >= 15 is 0 Å². The highest BCUT2D eigenvalue weighted by Gasteiger charge is 2.13. The van der Waals surface area contributed by atoms with Gasteiger partial charge in [-0.3, -0.25) is 4.79 Å². The van der Waals surface area contributed by atoms with Crippen LogP contribution in [0, 0.1) is 0 Å². The molecule has 1 aliphatic rings. The lowest BCUT2D eigenvalue weighted by Crippen LogP contribution is -2.22. The van der Waals surface area contributed by atoms with Crippen molar-refractivity contribution in [1.82, 2.24) is 0 Å². The van der Waals surface area contributed by atoms with E-state index in [0.29, 0.717) is 6.61 Å². The molecule has 0 N–H and O–H groups in total. The summed E-state index contributed by atoms with van der Waals surface area (Å²) < 4.78 is 16.0. The molecule has 1 saturated heterocycles. The minimum Gasteiger partial charge on any atom is -0.466 e. The van der Waals surface area contributed by atoms with E-state index in [4.69, 9.17) is 14.2 Å². The van der Waals surface area contributed by atoms with Gasteiger partial charge in [-0.15, -0.1) is 0 Å². The topological polar surface area (TPSA) is 44.8 Å². The fourth-order valence-electron chi connectivity index (χ4n) is 2.01. The lowest BCUT2D eigenvalue weighted by atomic mass is 10.1. The van der Waals surface area contributed by atoms with Gasteiger partial charge in [0.15, 0.2) is 6.29 Å². The van der Waals surface area contributed by atoms with Crippen molar-refractivity contribution in [2.45, 2.75) is 64.6 Å². The van der Waals surface area contributed by atoms with Gasteiger partial charge in [0.25, 0.3) is 0 Å². The van der Waals surface area contributed by atoms with E-state index in [1.807, 2.05) is 0 Å². The number of rotatable bonds is 9. The van der Waals surface area contributed by atoms with Crippen LogP contribution in [0.1, 0.15) is 58.3 Å². The molecule has 0 saturated carbocycles. The van der Waals surface area contributed by atoms with Gasteiger partial charge in [0.2, 0.25) is 0 Å². The molecule has 0 bridgehead atoms. The molecule has 0 aliphatic carbocycles. The van der Waals surface area contributed by atoms with Crippen molar-refractivity contribution < 1.29 is 19.0 Å². The zero-order valence-electron chi connectivity index (χ0n) is 11.5. The Balaban J connectivity index is 1.76. The minimum absolute atomic E-state index is 0.0442. The average Bonchev–Trinajstić information content (AvgIpc) is 2.37. The van der Waals surface area contributed by atoms with Crippen molar-refractivity contribution in [2.24, 2.45) is 0 Å². The molecule has 0 aromatic heterocycles. The first kappa shape index (κ1) is 15.4. The number of carbonyl (C=O) groups is 1. The van der Waals surface area contributed by atoms with Crippen molar-refractivity contribution in [2.75, 3.05) is 19.8 Å². The average molecular weight is 258 g/mol. The van der Waals surface area contributed by atoms with Crippen LogP contribution in [0.15, 0.2) is 0 Å². The summed E-state index contributed by atoms with van der Waals surface area (Å²) in [7, 11) is 0. The van der Waals surface area contributed by atoms with Crippen LogP contribution in [0.25, 0.3) is 0 Å². The van der Waals surface area contributed by atoms with Gasteiger partial charge in [-0.1, -0.05) is 19.3 Å². The normalized spacial score (nSPS) is 19.7. The Hall–Kier alpha value is -0.610. The number of esters is 1. The molecule has 0 aromatic rings. The number of ether oxygens (including phenoxy) is 3. The molecule has 0 aromatic carbocycles. The van der Waals surface area contributed by atoms with Crippen LogP contribution >= 0.6 is 0 Å². The summed E-state index contributed by atoms with van der Waals surface area (Å²) in [5.74, 6) is -0.184. The predicted molar refractivity (Wildman–Crippen MR) is 69.3 cm³/mol. The molecule has 18 heavy (non-hydrogen) atoms. The van der Waals surface area contributed by atoms with Gasteiger partial charge in [-0.25, -0.2) is 0 Å². The molecule has 4 heteroatoms.